The van der Waals surface area contributed by atoms with Gasteiger partial charge in [-0.25, -0.2) is 0 Å². The molecule has 33 nitrogen and oxygen atoms in total. The van der Waals surface area contributed by atoms with Gasteiger partial charge in [-0.2, -0.15) is 0 Å². The zero-order valence-electron chi connectivity index (χ0n) is 92.7. The third-order valence-electron chi connectivity index (χ3n) is 14.3. The molecule has 0 atom stereocenters. The van der Waals surface area contributed by atoms with Crippen LogP contribution < -0.4 is 21.3 Å². The van der Waals surface area contributed by atoms with Crippen molar-refractivity contribution in [2.45, 2.75) is 343 Å². The minimum absolute atomic E-state index is 0.0506. The lowest BCUT2D eigenvalue weighted by atomic mass is 10.1. The molecule has 33 heteroatoms. The first kappa shape index (κ1) is 144. The number of rotatable bonds is 74. The van der Waals surface area contributed by atoms with Crippen molar-refractivity contribution in [1.82, 2.24) is 21.3 Å². The third-order valence-corrected chi connectivity index (χ3v) is 14.3. The molecule has 0 aromatic rings. The summed E-state index contributed by atoms with van der Waals surface area (Å²) in [7, 11) is 0. The molecule has 0 radical (unpaired) electrons. The van der Waals surface area contributed by atoms with Gasteiger partial charge in [-0.15, -0.1) is 0 Å². The monoisotopic (exact) mass is 1940 g/mol. The van der Waals surface area contributed by atoms with E-state index in [2.05, 4.69) is 62.8 Å². The molecule has 0 saturated carbocycles. The van der Waals surface area contributed by atoms with Gasteiger partial charge in [0.15, 0.2) is 0 Å². The van der Waals surface area contributed by atoms with Gasteiger partial charge in [-0.05, 0) is 263 Å². The van der Waals surface area contributed by atoms with Gasteiger partial charge in [-0.3, -0.25) is 9.59 Å². The molecule has 808 valence electrons. The lowest BCUT2D eigenvalue weighted by Crippen LogP contribution is -2.42. The molecule has 0 heterocycles. The van der Waals surface area contributed by atoms with Crippen LogP contribution in [0.1, 0.15) is 263 Å². The van der Waals surface area contributed by atoms with E-state index in [1.807, 2.05) is 222 Å². The molecule has 0 aliphatic heterocycles. The summed E-state index contributed by atoms with van der Waals surface area (Å²) >= 11 is 0. The highest BCUT2D eigenvalue weighted by Gasteiger charge is 2.18. The van der Waals surface area contributed by atoms with Gasteiger partial charge in [0.2, 0.25) is 11.8 Å². The molecular formula is C100H214N4O29. The molecule has 0 rings (SSSR count). The molecule has 0 aliphatic carbocycles. The van der Waals surface area contributed by atoms with Gasteiger partial charge in [-0.1, -0.05) is 0 Å². The van der Waals surface area contributed by atoms with E-state index < -0.39 is 0 Å². The van der Waals surface area contributed by atoms with Crippen LogP contribution in [0.2, 0.25) is 0 Å². The van der Waals surface area contributed by atoms with E-state index in [-0.39, 0.29) is 105 Å². The van der Waals surface area contributed by atoms with Gasteiger partial charge in [0.05, 0.1) is 336 Å². The molecular weight excluding hydrogens is 1720 g/mol. The number of carbonyl (C=O) groups is 2. The predicted molar refractivity (Wildman–Crippen MR) is 534 cm³/mol. The normalized spacial score (nSPS) is 12.5. The van der Waals surface area contributed by atoms with Crippen molar-refractivity contribution < 1.29 is 137 Å². The van der Waals surface area contributed by atoms with Gasteiger partial charge in [0.1, 0.15) is 13.2 Å². The van der Waals surface area contributed by atoms with Crippen LogP contribution in [0.25, 0.3) is 0 Å². The summed E-state index contributed by atoms with van der Waals surface area (Å²) < 4.78 is 146. The second kappa shape index (κ2) is 92.2. The van der Waals surface area contributed by atoms with E-state index in [1.54, 1.807) is 0 Å². The van der Waals surface area contributed by atoms with Crippen LogP contribution in [0, 0.1) is 0 Å². The maximum absolute atomic E-state index is 11.5. The Labute approximate surface area is 813 Å². The van der Waals surface area contributed by atoms with Crippen molar-refractivity contribution in [3.8, 4) is 0 Å². The zero-order chi connectivity index (χ0) is 103. The molecule has 0 fully saturated rings. The molecule has 0 saturated heterocycles. The van der Waals surface area contributed by atoms with Crippen LogP contribution in [-0.2, 0) is 137 Å². The van der Waals surface area contributed by atoms with Crippen molar-refractivity contribution in [3.05, 3.63) is 0 Å². The molecule has 0 aromatic heterocycles. The highest BCUT2D eigenvalue weighted by atomic mass is 16.6. The van der Waals surface area contributed by atoms with Crippen molar-refractivity contribution in [3.63, 3.8) is 0 Å². The van der Waals surface area contributed by atoms with Crippen molar-refractivity contribution in [1.29, 1.82) is 0 Å². The summed E-state index contributed by atoms with van der Waals surface area (Å²) in [5.74, 6) is -0.227. The third kappa shape index (κ3) is 170. The van der Waals surface area contributed by atoms with Gasteiger partial charge >= 0.3 is 0 Å². The highest BCUT2D eigenvalue weighted by Crippen LogP contribution is 2.12. The Bertz CT molecular complexity index is 2220. The van der Waals surface area contributed by atoms with Crippen molar-refractivity contribution in [2.24, 2.45) is 0 Å². The van der Waals surface area contributed by atoms with E-state index >= 15 is 0 Å². The van der Waals surface area contributed by atoms with Crippen LogP contribution in [0.5, 0.6) is 0 Å². The minimum Gasteiger partial charge on any atom is -0.378 e. The van der Waals surface area contributed by atoms with Gasteiger partial charge in [0.25, 0.3) is 0 Å². The van der Waals surface area contributed by atoms with E-state index in [4.69, 9.17) is 128 Å². The number of nitrogens with one attached hydrogen (secondary N) is 4. The average molecular weight is 1940 g/mol. The highest BCUT2D eigenvalue weighted by molar-refractivity contribution is 5.78. The molecule has 0 bridgehead atoms. The standard InChI is InChI=1S/C17H35NO6.C15H33NO4.C15H32O5.C14H31NO3.C14H30O4.C13H27NO4.C12H26O3/c1-15(2)24-13-12-22-9-8-20-6-7-21-10-11-23-14-16(19)18-17(3,4)5;1-14(2)20-13-12-19-11-10-18-9-8-17-7-6-16-15(3,4)5;1-14(2)19-12-10-17-8-6-16-7-9-18-11-13-20-15(3,4)5;1-13(2,3)15-7-8-16-9-10-17-11-12-18-14(4,5)6;1-13(2,3)17-11-9-15-7-8-16-10-12-18-14(4,5)6;1-11(2)18-9-8-16-6-7-17-10-12(15)14-13(3,4)5;1-11(2,3)14-9-7-13-8-10-15-12(4,5)6/h15H,6-14H2,1-5H3,(H,18,19);14,16H,6-13H2,1-5H3;14H,6-13H2,1-5H3;15H,7-12H2,1-6H3;7-12H2,1-6H3;11H,6-10H2,1-5H3,(H,14,15);7-10H2,1-6H3. The Morgan fingerprint density at radius 2 is 0.301 bits per heavy atom. The van der Waals surface area contributed by atoms with Crippen LogP contribution in [-0.4, -0.2) is 396 Å². The molecule has 0 unspecified atom stereocenters. The van der Waals surface area contributed by atoms with Gasteiger partial charge in [0, 0.05) is 35.2 Å². The lowest BCUT2D eigenvalue weighted by Gasteiger charge is -2.20. The van der Waals surface area contributed by atoms with Crippen molar-refractivity contribution in [2.75, 3.05) is 304 Å². The average Bonchev–Trinajstić information content (AvgIpc) is 0.944. The van der Waals surface area contributed by atoms with Crippen LogP contribution in [0.4, 0.5) is 0 Å². The number of hydrogen-bond acceptors (Lipinski definition) is 31. The molecule has 133 heavy (non-hydrogen) atoms. The Morgan fingerprint density at radius 3 is 0.429 bits per heavy atom. The lowest BCUT2D eigenvalue weighted by molar-refractivity contribution is -0.128. The molecule has 0 spiro atoms. The number of ether oxygens (including phenoxy) is 27. The first-order valence-electron chi connectivity index (χ1n) is 48.8. The molecule has 2 amide bonds. The van der Waals surface area contributed by atoms with E-state index in [9.17, 15) is 9.59 Å². The van der Waals surface area contributed by atoms with Crippen LogP contribution >= 0.6 is 0 Å². The summed E-state index contributed by atoms with van der Waals surface area (Å²) in [5.41, 5.74) is -0.676. The molecule has 0 aliphatic rings. The number of amides is 2. The summed E-state index contributed by atoms with van der Waals surface area (Å²) in [6.45, 7) is 104. The Hall–Kier alpha value is -2.22. The first-order valence-corrected chi connectivity index (χ1v) is 48.8. The second-order valence-corrected chi connectivity index (χ2v) is 41.7. The maximum atomic E-state index is 11.5. The molecule has 4 N–H and O–H groups in total. The second-order valence-electron chi connectivity index (χ2n) is 41.7. The number of carbonyl (C=O) groups excluding carboxylic acids is 2. The minimum atomic E-state index is -0.237. The van der Waals surface area contributed by atoms with Crippen LogP contribution in [0.3, 0.4) is 0 Å². The van der Waals surface area contributed by atoms with E-state index in [0.29, 0.717) is 271 Å². The Kier molecular flexibility index (Phi) is 99.7. The summed E-state index contributed by atoms with van der Waals surface area (Å²) in [6.07, 6.45) is 0.985. The fourth-order valence-corrected chi connectivity index (χ4v) is 8.76. The summed E-state index contributed by atoms with van der Waals surface area (Å²) in [4.78, 5) is 22.8. The number of hydrogen-bond donors (Lipinski definition) is 4. The summed E-state index contributed by atoms with van der Waals surface area (Å²) in [6, 6.07) is 0. The topological polar surface area (TPSA) is 331 Å². The van der Waals surface area contributed by atoms with Crippen molar-refractivity contribution >= 4 is 11.8 Å². The fraction of sp³-hybridized carbons (Fsp3) is 0.980. The zero-order valence-corrected chi connectivity index (χ0v) is 92.7. The predicted octanol–water partition coefficient (Wildman–Crippen LogP) is 14.4. The van der Waals surface area contributed by atoms with Gasteiger partial charge < -0.3 is 149 Å². The fourth-order valence-electron chi connectivity index (χ4n) is 8.76. The first-order chi connectivity index (χ1) is 61.6. The molecule has 0 aromatic carbocycles. The summed E-state index contributed by atoms with van der Waals surface area (Å²) in [5, 5.41) is 12.4. The largest absolute Gasteiger partial charge is 0.378 e. The Morgan fingerprint density at radius 1 is 0.173 bits per heavy atom. The van der Waals surface area contributed by atoms with E-state index in [0.717, 1.165) is 19.7 Å². The quantitative estimate of drug-likeness (QED) is 0.0411. The smallest absolute Gasteiger partial charge is 0.246 e. The Balaban J connectivity index is -0.000000280. The SMILES string of the molecule is CC(C)(C)NCCOCCOCCOC(C)(C)C.CC(C)(C)OCCOCCOC(C)(C)C.CC(C)(C)OCCOCCOCCOC(C)(C)C.CC(C)OCCOCCOCC(=O)NC(C)(C)C.CC(C)OCCOCCOCCOCCNC(C)(C)C.CC(C)OCCOCCOCCOCCOC(C)(C)C.CC(C)OCCOCCOCCOCCOCC(=O)NC(C)(C)C. The van der Waals surface area contributed by atoms with E-state index in [1.165, 1.54) is 0 Å². The van der Waals surface area contributed by atoms with Crippen LogP contribution in [0.15, 0.2) is 0 Å². The maximum Gasteiger partial charge on any atom is 0.246 e.